The molecular formula is C25H21ClN2O3. The van der Waals surface area contributed by atoms with Crippen molar-refractivity contribution in [1.82, 2.24) is 5.32 Å². The third-order valence-corrected chi connectivity index (χ3v) is 5.41. The van der Waals surface area contributed by atoms with Crippen LogP contribution in [0.3, 0.4) is 0 Å². The Hall–Kier alpha value is -3.57. The minimum atomic E-state index is -0.400. The van der Waals surface area contributed by atoms with Gasteiger partial charge < -0.3 is 15.4 Å². The number of carbonyl (C=O) groups excluding carboxylic acids is 2. The third kappa shape index (κ3) is 4.78. The van der Waals surface area contributed by atoms with Crippen LogP contribution in [-0.2, 0) is 4.79 Å². The lowest BCUT2D eigenvalue weighted by atomic mass is 10.0. The van der Waals surface area contributed by atoms with E-state index in [1.54, 1.807) is 36.4 Å². The lowest BCUT2D eigenvalue weighted by Gasteiger charge is -2.21. The maximum Gasteiger partial charge on any atom is 0.291 e. The van der Waals surface area contributed by atoms with Gasteiger partial charge in [0.1, 0.15) is 0 Å². The summed E-state index contributed by atoms with van der Waals surface area (Å²) in [7, 11) is 0. The summed E-state index contributed by atoms with van der Waals surface area (Å²) >= 11 is 6.16. The molecular weight excluding hydrogens is 412 g/mol. The molecule has 6 heteroatoms. The molecule has 5 nitrogen and oxygen atoms in total. The molecule has 0 aromatic heterocycles. The van der Waals surface area contributed by atoms with Crippen molar-refractivity contribution in [2.45, 2.75) is 12.8 Å². The van der Waals surface area contributed by atoms with E-state index in [0.717, 1.165) is 5.56 Å². The second kappa shape index (κ2) is 9.06. The minimum absolute atomic E-state index is 0.134. The van der Waals surface area contributed by atoms with Crippen LogP contribution in [0, 0.1) is 0 Å². The second-order valence-corrected chi connectivity index (χ2v) is 7.73. The van der Waals surface area contributed by atoms with Gasteiger partial charge in [-0.05, 0) is 47.4 Å². The molecule has 31 heavy (non-hydrogen) atoms. The van der Waals surface area contributed by atoms with Gasteiger partial charge in [-0.15, -0.1) is 0 Å². The number of benzene rings is 3. The quantitative estimate of drug-likeness (QED) is 0.541. The Morgan fingerprint density at radius 2 is 1.84 bits per heavy atom. The molecule has 1 heterocycles. The topological polar surface area (TPSA) is 67.4 Å². The van der Waals surface area contributed by atoms with Gasteiger partial charge in [-0.25, -0.2) is 0 Å². The summed E-state index contributed by atoms with van der Waals surface area (Å²) in [6.07, 6.45) is 1.59. The highest BCUT2D eigenvalue weighted by molar-refractivity contribution is 6.32. The van der Waals surface area contributed by atoms with Gasteiger partial charge >= 0.3 is 0 Å². The van der Waals surface area contributed by atoms with E-state index in [-0.39, 0.29) is 17.6 Å². The molecule has 1 aliphatic rings. The number of fused-ring (bicyclic) bond motifs is 1. The number of halogens is 1. The van der Waals surface area contributed by atoms with E-state index >= 15 is 0 Å². The molecule has 0 fully saturated rings. The first kappa shape index (κ1) is 20.7. The van der Waals surface area contributed by atoms with Gasteiger partial charge in [-0.2, -0.15) is 0 Å². The zero-order chi connectivity index (χ0) is 21.8. The highest BCUT2D eigenvalue weighted by atomic mass is 35.5. The predicted octanol–water partition coefficient (Wildman–Crippen LogP) is 5.25. The van der Waals surface area contributed by atoms with Gasteiger partial charge in [0, 0.05) is 17.1 Å². The minimum Gasteiger partial charge on any atom is -0.449 e. The number of carbonyl (C=O) groups is 2. The van der Waals surface area contributed by atoms with Crippen molar-refractivity contribution in [1.29, 1.82) is 0 Å². The molecule has 0 bridgehead atoms. The van der Waals surface area contributed by atoms with Crippen molar-refractivity contribution in [3.8, 4) is 5.75 Å². The number of anilines is 1. The molecule has 156 valence electrons. The van der Waals surface area contributed by atoms with E-state index in [2.05, 4.69) is 17.6 Å². The third-order valence-electron chi connectivity index (χ3n) is 5.06. The van der Waals surface area contributed by atoms with Crippen molar-refractivity contribution >= 4 is 35.2 Å². The molecule has 0 saturated carbocycles. The monoisotopic (exact) mass is 432 g/mol. The summed E-state index contributed by atoms with van der Waals surface area (Å²) in [5, 5.41) is 6.25. The summed E-state index contributed by atoms with van der Waals surface area (Å²) in [5.41, 5.74) is 2.74. The van der Waals surface area contributed by atoms with Gasteiger partial charge in [-0.1, -0.05) is 67.1 Å². The summed E-state index contributed by atoms with van der Waals surface area (Å²) in [6.45, 7) is 2.57. The molecule has 0 saturated heterocycles. The van der Waals surface area contributed by atoms with Crippen LogP contribution in [0.25, 0.3) is 6.08 Å². The molecule has 0 unspecified atom stereocenters. The first-order valence-electron chi connectivity index (χ1n) is 9.94. The van der Waals surface area contributed by atoms with Crippen LogP contribution in [0.15, 0.2) is 78.6 Å². The fourth-order valence-electron chi connectivity index (χ4n) is 3.28. The van der Waals surface area contributed by atoms with Gasteiger partial charge in [0.05, 0.1) is 5.69 Å². The summed E-state index contributed by atoms with van der Waals surface area (Å²) in [4.78, 5) is 25.1. The Bertz CT molecular complexity index is 1160. The summed E-state index contributed by atoms with van der Waals surface area (Å²) in [6, 6.07) is 22.1. The second-order valence-electron chi connectivity index (χ2n) is 7.32. The molecule has 0 spiro atoms. The first-order valence-corrected chi connectivity index (χ1v) is 10.3. The average molecular weight is 433 g/mol. The van der Waals surface area contributed by atoms with Gasteiger partial charge in [0.25, 0.3) is 11.8 Å². The van der Waals surface area contributed by atoms with Crippen molar-refractivity contribution in [2.75, 3.05) is 11.9 Å². The smallest absolute Gasteiger partial charge is 0.291 e. The van der Waals surface area contributed by atoms with E-state index < -0.39 is 5.91 Å². The zero-order valence-electron chi connectivity index (χ0n) is 16.9. The number of ether oxygens (including phenoxy) is 1. The largest absolute Gasteiger partial charge is 0.449 e. The molecule has 0 aliphatic carbocycles. The van der Waals surface area contributed by atoms with Crippen LogP contribution < -0.4 is 15.4 Å². The van der Waals surface area contributed by atoms with Gasteiger partial charge in [-0.3, -0.25) is 9.59 Å². The highest BCUT2D eigenvalue weighted by Gasteiger charge is 2.23. The maximum atomic E-state index is 12.6. The average Bonchev–Trinajstić information content (AvgIpc) is 2.79. The molecule has 3 aromatic carbocycles. The normalized spacial score (nSPS) is 14.9. The fourth-order valence-corrected chi connectivity index (χ4v) is 3.47. The molecule has 3 aromatic rings. The lowest BCUT2D eigenvalue weighted by Crippen LogP contribution is -2.28. The van der Waals surface area contributed by atoms with Gasteiger partial charge in [0.15, 0.2) is 11.5 Å². The Kier molecular flexibility index (Phi) is 6.05. The van der Waals surface area contributed by atoms with Crippen LogP contribution >= 0.6 is 11.6 Å². The Balaban J connectivity index is 1.46. The molecule has 2 amide bonds. The van der Waals surface area contributed by atoms with Crippen LogP contribution in [0.4, 0.5) is 5.69 Å². The molecule has 4 rings (SSSR count). The Labute approximate surface area is 185 Å². The van der Waals surface area contributed by atoms with E-state index in [1.807, 2.05) is 42.5 Å². The van der Waals surface area contributed by atoms with Crippen LogP contribution in [-0.4, -0.2) is 18.4 Å². The van der Waals surface area contributed by atoms with Crippen molar-refractivity contribution in [3.63, 3.8) is 0 Å². The van der Waals surface area contributed by atoms with E-state index in [9.17, 15) is 9.59 Å². The first-order chi connectivity index (χ1) is 15.0. The summed E-state index contributed by atoms with van der Waals surface area (Å²) < 4.78 is 5.75. The van der Waals surface area contributed by atoms with Crippen molar-refractivity contribution in [2.24, 2.45) is 0 Å². The molecule has 1 atom stereocenters. The lowest BCUT2D eigenvalue weighted by molar-refractivity contribution is -0.115. The zero-order valence-corrected chi connectivity index (χ0v) is 17.6. The SMILES string of the molecule is C[C@@H](CNC(=O)c1ccc2c(c1)NC(=O)/C(=C\c1ccccc1Cl)O2)c1ccccc1. The van der Waals surface area contributed by atoms with Crippen molar-refractivity contribution in [3.05, 3.63) is 100 Å². The molecule has 1 aliphatic heterocycles. The van der Waals surface area contributed by atoms with Gasteiger partial charge in [0.2, 0.25) is 0 Å². The maximum absolute atomic E-state index is 12.6. The van der Waals surface area contributed by atoms with Crippen molar-refractivity contribution < 1.29 is 14.3 Å². The predicted molar refractivity (Wildman–Crippen MR) is 122 cm³/mol. The fraction of sp³-hybridized carbons (Fsp3) is 0.120. The standard InChI is InChI=1S/C25H21ClN2O3/c1-16(17-7-3-2-4-8-17)15-27-24(29)19-11-12-22-21(13-19)28-25(30)23(31-22)14-18-9-5-6-10-20(18)26/h2-14,16H,15H2,1H3,(H,27,29)(H,28,30)/b23-14+/t16-/m0/s1. The number of nitrogens with one attached hydrogen (secondary N) is 2. The van der Waals surface area contributed by atoms with E-state index in [4.69, 9.17) is 16.3 Å². The van der Waals surface area contributed by atoms with E-state index in [1.165, 1.54) is 0 Å². The number of hydrogen-bond donors (Lipinski definition) is 2. The van der Waals surface area contributed by atoms with E-state index in [0.29, 0.717) is 34.1 Å². The highest BCUT2D eigenvalue weighted by Crippen LogP contribution is 2.33. The summed E-state index contributed by atoms with van der Waals surface area (Å²) in [5.74, 6) is 0.171. The molecule has 0 radical (unpaired) electrons. The number of amides is 2. The van der Waals surface area contributed by atoms with Crippen LogP contribution in [0.2, 0.25) is 5.02 Å². The number of hydrogen-bond acceptors (Lipinski definition) is 3. The Morgan fingerprint density at radius 1 is 1.10 bits per heavy atom. The van der Waals surface area contributed by atoms with Crippen LogP contribution in [0.5, 0.6) is 5.75 Å². The molecule has 2 N–H and O–H groups in total. The number of rotatable bonds is 5. The van der Waals surface area contributed by atoms with Crippen LogP contribution in [0.1, 0.15) is 34.3 Å². The Morgan fingerprint density at radius 3 is 2.61 bits per heavy atom.